The molecule has 1 aromatic rings. The number of rotatable bonds is 5. The minimum absolute atomic E-state index is 0.134. The van der Waals surface area contributed by atoms with Gasteiger partial charge in [-0.3, -0.25) is 9.78 Å². The van der Waals surface area contributed by atoms with Gasteiger partial charge in [-0.15, -0.1) is 0 Å². The molecule has 1 amide bonds. The Morgan fingerprint density at radius 1 is 1.62 bits per heavy atom. The summed E-state index contributed by atoms with van der Waals surface area (Å²) in [7, 11) is 0. The van der Waals surface area contributed by atoms with Crippen molar-refractivity contribution in [2.75, 3.05) is 6.54 Å². The van der Waals surface area contributed by atoms with E-state index in [1.807, 2.05) is 6.92 Å². The lowest BCUT2D eigenvalue weighted by molar-refractivity contribution is -0.127. The van der Waals surface area contributed by atoms with Crippen LogP contribution in [0.4, 0.5) is 0 Å². The van der Waals surface area contributed by atoms with Crippen molar-refractivity contribution < 1.29 is 9.53 Å². The van der Waals surface area contributed by atoms with Crippen LogP contribution >= 0.6 is 0 Å². The number of hydrogen-bond donors (Lipinski definition) is 2. The Hall–Kier alpha value is -1.62. The molecule has 0 aromatic carbocycles. The van der Waals surface area contributed by atoms with E-state index in [2.05, 4.69) is 10.3 Å². The zero-order valence-corrected chi connectivity index (χ0v) is 9.56. The average Bonchev–Trinajstić information content (AvgIpc) is 2.30. The quantitative estimate of drug-likeness (QED) is 0.759. The van der Waals surface area contributed by atoms with E-state index in [1.165, 1.54) is 0 Å². The van der Waals surface area contributed by atoms with Gasteiger partial charge in [0.25, 0.3) is 5.91 Å². The second kappa shape index (κ2) is 6.07. The standard InChI is InChI=1S/C11H17N3O2/c1-3-13-11(15)8(2)16-10-5-4-9(6-12)14-7-10/h4-5,7-8H,3,6,12H2,1-2H3,(H,13,15). The number of amides is 1. The summed E-state index contributed by atoms with van der Waals surface area (Å²) in [5.74, 6) is 0.432. The van der Waals surface area contributed by atoms with Crippen LogP contribution in [0.2, 0.25) is 0 Å². The lowest BCUT2D eigenvalue weighted by Crippen LogP contribution is -2.36. The predicted octanol–water partition coefficient (Wildman–Crippen LogP) is 0.444. The van der Waals surface area contributed by atoms with E-state index >= 15 is 0 Å². The van der Waals surface area contributed by atoms with Crippen LogP contribution in [0, 0.1) is 0 Å². The minimum atomic E-state index is -0.523. The average molecular weight is 223 g/mol. The number of nitrogens with two attached hydrogens (primary N) is 1. The first-order valence-corrected chi connectivity index (χ1v) is 5.26. The highest BCUT2D eigenvalue weighted by atomic mass is 16.5. The van der Waals surface area contributed by atoms with Gasteiger partial charge >= 0.3 is 0 Å². The molecule has 0 bridgehead atoms. The molecule has 1 aromatic heterocycles. The fourth-order valence-electron chi connectivity index (χ4n) is 1.18. The van der Waals surface area contributed by atoms with Gasteiger partial charge in [0.2, 0.25) is 0 Å². The van der Waals surface area contributed by atoms with E-state index in [9.17, 15) is 4.79 Å². The molecule has 0 fully saturated rings. The summed E-state index contributed by atoms with van der Waals surface area (Å²) in [5.41, 5.74) is 6.21. The molecule has 5 nitrogen and oxygen atoms in total. The normalized spacial score (nSPS) is 11.9. The van der Waals surface area contributed by atoms with Crippen LogP contribution in [0.25, 0.3) is 0 Å². The highest BCUT2D eigenvalue weighted by molar-refractivity contribution is 5.80. The van der Waals surface area contributed by atoms with Crippen molar-refractivity contribution in [2.24, 2.45) is 5.73 Å². The lowest BCUT2D eigenvalue weighted by Gasteiger charge is -2.13. The van der Waals surface area contributed by atoms with Gasteiger partial charge < -0.3 is 15.8 Å². The lowest BCUT2D eigenvalue weighted by atomic mass is 10.3. The molecule has 0 radical (unpaired) electrons. The molecule has 0 saturated carbocycles. The molecule has 0 aliphatic heterocycles. The van der Waals surface area contributed by atoms with Crippen molar-refractivity contribution in [3.05, 3.63) is 24.0 Å². The van der Waals surface area contributed by atoms with E-state index in [0.717, 1.165) is 5.69 Å². The molecule has 1 atom stereocenters. The summed E-state index contributed by atoms with van der Waals surface area (Å²) >= 11 is 0. The molecule has 0 aliphatic carbocycles. The molecular weight excluding hydrogens is 206 g/mol. The number of ether oxygens (including phenoxy) is 1. The number of aromatic nitrogens is 1. The monoisotopic (exact) mass is 223 g/mol. The van der Waals surface area contributed by atoms with Gasteiger partial charge in [-0.2, -0.15) is 0 Å². The number of carbonyl (C=O) groups is 1. The maximum Gasteiger partial charge on any atom is 0.260 e. The summed E-state index contributed by atoms with van der Waals surface area (Å²) in [5, 5.41) is 2.68. The molecule has 3 N–H and O–H groups in total. The third-order valence-corrected chi connectivity index (χ3v) is 2.04. The summed E-state index contributed by atoms with van der Waals surface area (Å²) < 4.78 is 5.41. The van der Waals surface area contributed by atoms with E-state index in [0.29, 0.717) is 18.8 Å². The predicted molar refractivity (Wildman–Crippen MR) is 60.9 cm³/mol. The Bertz CT molecular complexity index is 338. The zero-order valence-electron chi connectivity index (χ0n) is 9.56. The Kier molecular flexibility index (Phi) is 4.72. The van der Waals surface area contributed by atoms with Crippen LogP contribution in [0.5, 0.6) is 5.75 Å². The van der Waals surface area contributed by atoms with Crippen LogP contribution < -0.4 is 15.8 Å². The number of nitrogens with zero attached hydrogens (tertiary/aromatic N) is 1. The smallest absolute Gasteiger partial charge is 0.260 e. The highest BCUT2D eigenvalue weighted by Gasteiger charge is 2.13. The molecule has 16 heavy (non-hydrogen) atoms. The van der Waals surface area contributed by atoms with E-state index in [4.69, 9.17) is 10.5 Å². The summed E-state index contributed by atoms with van der Waals surface area (Å²) in [6.07, 6.45) is 1.04. The first kappa shape index (κ1) is 12.4. The Balaban J connectivity index is 2.55. The van der Waals surface area contributed by atoms with Gasteiger partial charge in [-0.1, -0.05) is 0 Å². The molecule has 5 heteroatoms. The number of likely N-dealkylation sites (N-methyl/N-ethyl adjacent to an activating group) is 1. The summed E-state index contributed by atoms with van der Waals surface area (Å²) in [4.78, 5) is 15.5. The van der Waals surface area contributed by atoms with Gasteiger partial charge in [0.1, 0.15) is 5.75 Å². The first-order valence-electron chi connectivity index (χ1n) is 5.26. The van der Waals surface area contributed by atoms with Crippen LogP contribution in [0.1, 0.15) is 19.5 Å². The maximum absolute atomic E-state index is 11.4. The van der Waals surface area contributed by atoms with E-state index in [-0.39, 0.29) is 5.91 Å². The molecule has 0 aliphatic rings. The topological polar surface area (TPSA) is 77.2 Å². The van der Waals surface area contributed by atoms with Crippen LogP contribution in [0.3, 0.4) is 0 Å². The van der Waals surface area contributed by atoms with Crippen molar-refractivity contribution in [1.82, 2.24) is 10.3 Å². The maximum atomic E-state index is 11.4. The number of hydrogen-bond acceptors (Lipinski definition) is 4. The van der Waals surface area contributed by atoms with Crippen molar-refractivity contribution >= 4 is 5.91 Å². The van der Waals surface area contributed by atoms with Gasteiger partial charge in [0, 0.05) is 13.1 Å². The molecule has 1 heterocycles. The fraction of sp³-hybridized carbons (Fsp3) is 0.455. The SMILES string of the molecule is CCNC(=O)C(C)Oc1ccc(CN)nc1. The molecule has 0 spiro atoms. The van der Waals surface area contributed by atoms with Crippen molar-refractivity contribution in [1.29, 1.82) is 0 Å². The van der Waals surface area contributed by atoms with Crippen molar-refractivity contribution in [3.8, 4) is 5.75 Å². The number of carbonyl (C=O) groups excluding carboxylic acids is 1. The second-order valence-corrected chi connectivity index (χ2v) is 3.34. The number of nitrogens with one attached hydrogen (secondary N) is 1. The zero-order chi connectivity index (χ0) is 12.0. The van der Waals surface area contributed by atoms with Crippen molar-refractivity contribution in [3.63, 3.8) is 0 Å². The second-order valence-electron chi connectivity index (χ2n) is 3.34. The minimum Gasteiger partial charge on any atom is -0.479 e. The Labute approximate surface area is 95.0 Å². The van der Waals surface area contributed by atoms with Gasteiger partial charge in [0.05, 0.1) is 11.9 Å². The third kappa shape index (κ3) is 3.51. The molecule has 88 valence electrons. The molecule has 0 saturated heterocycles. The van der Waals surface area contributed by atoms with Crippen LogP contribution in [-0.2, 0) is 11.3 Å². The first-order chi connectivity index (χ1) is 7.67. The summed E-state index contributed by atoms with van der Waals surface area (Å²) in [6, 6.07) is 3.53. The Morgan fingerprint density at radius 2 is 2.38 bits per heavy atom. The molecular formula is C11H17N3O2. The number of pyridine rings is 1. The van der Waals surface area contributed by atoms with Gasteiger partial charge in [-0.05, 0) is 26.0 Å². The van der Waals surface area contributed by atoms with Gasteiger partial charge in [0.15, 0.2) is 6.10 Å². The van der Waals surface area contributed by atoms with E-state index < -0.39 is 6.10 Å². The molecule has 1 unspecified atom stereocenters. The van der Waals surface area contributed by atoms with E-state index in [1.54, 1.807) is 25.3 Å². The van der Waals surface area contributed by atoms with Crippen molar-refractivity contribution in [2.45, 2.75) is 26.5 Å². The Morgan fingerprint density at radius 3 is 2.88 bits per heavy atom. The molecule has 1 rings (SSSR count). The van der Waals surface area contributed by atoms with Crippen LogP contribution in [0.15, 0.2) is 18.3 Å². The third-order valence-electron chi connectivity index (χ3n) is 2.04. The van der Waals surface area contributed by atoms with Crippen LogP contribution in [-0.4, -0.2) is 23.5 Å². The highest BCUT2D eigenvalue weighted by Crippen LogP contribution is 2.11. The fourth-order valence-corrected chi connectivity index (χ4v) is 1.18. The summed E-state index contributed by atoms with van der Waals surface area (Å²) in [6.45, 7) is 4.55. The largest absolute Gasteiger partial charge is 0.479 e. The van der Waals surface area contributed by atoms with Gasteiger partial charge in [-0.25, -0.2) is 0 Å².